The van der Waals surface area contributed by atoms with Gasteiger partial charge in [0.2, 0.25) is 5.91 Å². The molecule has 1 amide bonds. The zero-order valence-corrected chi connectivity index (χ0v) is 15.7. The Kier molecular flexibility index (Phi) is 6.40. The minimum absolute atomic E-state index is 0. The number of hydrogen-bond acceptors (Lipinski definition) is 4. The molecule has 3 heterocycles. The number of halogens is 1. The van der Waals surface area contributed by atoms with Crippen LogP contribution in [0.3, 0.4) is 0 Å². The summed E-state index contributed by atoms with van der Waals surface area (Å²) in [6.07, 6.45) is 3.95. The van der Waals surface area contributed by atoms with Crippen LogP contribution >= 0.6 is 24.2 Å². The van der Waals surface area contributed by atoms with Gasteiger partial charge in [-0.2, -0.15) is 16.9 Å². The van der Waals surface area contributed by atoms with E-state index >= 15 is 0 Å². The van der Waals surface area contributed by atoms with Crippen LogP contribution in [0.5, 0.6) is 0 Å². The molecule has 0 spiro atoms. The van der Waals surface area contributed by atoms with Crippen molar-refractivity contribution in [2.45, 2.75) is 25.0 Å². The zero-order chi connectivity index (χ0) is 15.7. The molecule has 3 rings (SSSR count). The van der Waals surface area contributed by atoms with Gasteiger partial charge in [0.1, 0.15) is 0 Å². The molecule has 0 bridgehead atoms. The molecule has 0 saturated carbocycles. The summed E-state index contributed by atoms with van der Waals surface area (Å²) in [6, 6.07) is 0. The number of aromatic nitrogens is 2. The Morgan fingerprint density at radius 1 is 1.43 bits per heavy atom. The van der Waals surface area contributed by atoms with Gasteiger partial charge in [0, 0.05) is 56.3 Å². The van der Waals surface area contributed by atoms with E-state index in [2.05, 4.69) is 29.2 Å². The minimum Gasteiger partial charge on any atom is -0.340 e. The van der Waals surface area contributed by atoms with Gasteiger partial charge in [-0.05, 0) is 11.5 Å². The maximum absolute atomic E-state index is 13.0. The molecule has 1 aromatic rings. The van der Waals surface area contributed by atoms with Crippen molar-refractivity contribution in [1.29, 1.82) is 0 Å². The van der Waals surface area contributed by atoms with Crippen molar-refractivity contribution in [3.63, 3.8) is 0 Å². The quantitative estimate of drug-likeness (QED) is 0.894. The molecule has 2 fully saturated rings. The van der Waals surface area contributed by atoms with Gasteiger partial charge in [-0.3, -0.25) is 9.48 Å². The number of hydrogen-bond donors (Lipinski definition) is 1. The molecule has 23 heavy (non-hydrogen) atoms. The monoisotopic (exact) mass is 358 g/mol. The number of nitrogens with zero attached hydrogens (tertiary/aromatic N) is 3. The highest BCUT2D eigenvalue weighted by atomic mass is 35.5. The van der Waals surface area contributed by atoms with E-state index in [9.17, 15) is 4.79 Å². The standard InChI is InChI=1S/C16H26N4OS.ClH/c1-11(2)15-10-20(4-5-22-15)16(21)14-8-17-7-13(14)12-6-18-19(3)9-12;/h6,9,11,13-15,17H,4-5,7-8,10H2,1-3H3;1H/t13-,14+,15?;/m1./s1. The number of aryl methyl sites for hydroxylation is 1. The van der Waals surface area contributed by atoms with E-state index in [0.29, 0.717) is 17.1 Å². The second kappa shape index (κ2) is 7.90. The first-order valence-corrected chi connectivity index (χ1v) is 9.20. The van der Waals surface area contributed by atoms with Crippen LogP contribution in [0, 0.1) is 11.8 Å². The Hall–Kier alpha value is -0.720. The number of rotatable bonds is 3. The predicted octanol–water partition coefficient (Wildman–Crippen LogP) is 1.74. The first-order chi connectivity index (χ1) is 10.6. The molecule has 0 aliphatic carbocycles. The van der Waals surface area contributed by atoms with Crippen LogP contribution in [0.2, 0.25) is 0 Å². The van der Waals surface area contributed by atoms with E-state index < -0.39 is 0 Å². The van der Waals surface area contributed by atoms with Gasteiger partial charge < -0.3 is 10.2 Å². The van der Waals surface area contributed by atoms with Crippen molar-refractivity contribution in [3.05, 3.63) is 18.0 Å². The number of carbonyl (C=O) groups is 1. The summed E-state index contributed by atoms with van der Waals surface area (Å²) in [5, 5.41) is 8.23. The molecule has 2 aliphatic heterocycles. The van der Waals surface area contributed by atoms with Gasteiger partial charge >= 0.3 is 0 Å². The van der Waals surface area contributed by atoms with E-state index in [4.69, 9.17) is 0 Å². The normalized spacial score (nSPS) is 28.0. The van der Waals surface area contributed by atoms with Crippen LogP contribution in [-0.4, -0.2) is 57.8 Å². The fourth-order valence-electron chi connectivity index (χ4n) is 3.43. The molecule has 1 N–H and O–H groups in total. The number of amides is 1. The molecule has 3 atom stereocenters. The Balaban J connectivity index is 0.00000192. The maximum Gasteiger partial charge on any atom is 0.227 e. The van der Waals surface area contributed by atoms with Gasteiger partial charge in [-0.1, -0.05) is 13.8 Å². The van der Waals surface area contributed by atoms with Crippen molar-refractivity contribution in [3.8, 4) is 0 Å². The second-order valence-corrected chi connectivity index (χ2v) is 8.10. The fraction of sp³-hybridized carbons (Fsp3) is 0.750. The Morgan fingerprint density at radius 3 is 2.87 bits per heavy atom. The first kappa shape index (κ1) is 18.6. The Bertz CT molecular complexity index is 536. The summed E-state index contributed by atoms with van der Waals surface area (Å²) in [7, 11) is 1.93. The average molecular weight is 359 g/mol. The molecule has 2 saturated heterocycles. The van der Waals surface area contributed by atoms with Crippen molar-refractivity contribution in [1.82, 2.24) is 20.0 Å². The Labute approximate surface area is 149 Å². The third-order valence-electron chi connectivity index (χ3n) is 4.83. The van der Waals surface area contributed by atoms with E-state index in [0.717, 1.165) is 31.9 Å². The summed E-state index contributed by atoms with van der Waals surface area (Å²) >= 11 is 2.01. The second-order valence-electron chi connectivity index (χ2n) is 6.76. The topological polar surface area (TPSA) is 50.2 Å². The molecule has 2 aliphatic rings. The van der Waals surface area contributed by atoms with E-state index in [-0.39, 0.29) is 24.2 Å². The highest BCUT2D eigenvalue weighted by molar-refractivity contribution is 8.00. The predicted molar refractivity (Wildman–Crippen MR) is 97.2 cm³/mol. The summed E-state index contributed by atoms with van der Waals surface area (Å²) in [5.41, 5.74) is 1.18. The van der Waals surface area contributed by atoms with E-state index in [1.807, 2.05) is 35.9 Å². The van der Waals surface area contributed by atoms with Gasteiger partial charge in [-0.25, -0.2) is 0 Å². The lowest BCUT2D eigenvalue weighted by Crippen LogP contribution is -2.47. The third-order valence-corrected chi connectivity index (χ3v) is 6.37. The van der Waals surface area contributed by atoms with Gasteiger partial charge in [0.05, 0.1) is 12.1 Å². The summed E-state index contributed by atoms with van der Waals surface area (Å²) < 4.78 is 1.82. The smallest absolute Gasteiger partial charge is 0.227 e. The summed E-state index contributed by atoms with van der Waals surface area (Å²) in [4.78, 5) is 15.1. The summed E-state index contributed by atoms with van der Waals surface area (Å²) in [5.74, 6) is 2.32. The van der Waals surface area contributed by atoms with Gasteiger partial charge in [0.15, 0.2) is 0 Å². The molecule has 5 nitrogen and oxygen atoms in total. The van der Waals surface area contributed by atoms with Gasteiger partial charge in [0.25, 0.3) is 0 Å². The number of carbonyl (C=O) groups excluding carboxylic acids is 1. The van der Waals surface area contributed by atoms with Crippen LogP contribution in [0.4, 0.5) is 0 Å². The third kappa shape index (κ3) is 4.03. The van der Waals surface area contributed by atoms with Crippen LogP contribution < -0.4 is 5.32 Å². The minimum atomic E-state index is 0. The van der Waals surface area contributed by atoms with E-state index in [1.54, 1.807) is 0 Å². The number of nitrogens with one attached hydrogen (secondary N) is 1. The van der Waals surface area contributed by atoms with Crippen LogP contribution in [0.1, 0.15) is 25.3 Å². The maximum atomic E-state index is 13.0. The molecule has 0 aromatic carbocycles. The van der Waals surface area contributed by atoms with Crippen LogP contribution in [0.25, 0.3) is 0 Å². The largest absolute Gasteiger partial charge is 0.340 e. The highest BCUT2D eigenvalue weighted by Gasteiger charge is 2.38. The lowest BCUT2D eigenvalue weighted by Gasteiger charge is -2.36. The number of thioether (sulfide) groups is 1. The molecule has 130 valence electrons. The molecule has 7 heteroatoms. The summed E-state index contributed by atoms with van der Waals surface area (Å²) in [6.45, 7) is 7.95. The molecule has 1 unspecified atom stereocenters. The molecular formula is C16H27ClN4OS. The van der Waals surface area contributed by atoms with Crippen molar-refractivity contribution < 1.29 is 4.79 Å². The highest BCUT2D eigenvalue weighted by Crippen LogP contribution is 2.32. The fourth-order valence-corrected chi connectivity index (χ4v) is 4.73. The lowest BCUT2D eigenvalue weighted by atomic mass is 9.89. The van der Waals surface area contributed by atoms with Crippen LogP contribution in [0.15, 0.2) is 12.4 Å². The molecule has 1 aromatic heterocycles. The lowest BCUT2D eigenvalue weighted by molar-refractivity contribution is -0.135. The Morgan fingerprint density at radius 2 is 2.22 bits per heavy atom. The molecular weight excluding hydrogens is 332 g/mol. The van der Waals surface area contributed by atoms with Crippen LogP contribution in [-0.2, 0) is 11.8 Å². The first-order valence-electron chi connectivity index (χ1n) is 8.16. The average Bonchev–Trinajstić information content (AvgIpc) is 3.15. The van der Waals surface area contributed by atoms with Crippen molar-refractivity contribution in [2.24, 2.45) is 18.9 Å². The van der Waals surface area contributed by atoms with Crippen molar-refractivity contribution >= 4 is 30.1 Å². The van der Waals surface area contributed by atoms with Crippen molar-refractivity contribution in [2.75, 3.05) is 31.9 Å². The molecule has 0 radical (unpaired) electrons. The van der Waals surface area contributed by atoms with Gasteiger partial charge in [-0.15, -0.1) is 12.4 Å². The SMILES string of the molecule is CC(C)C1CN(C(=O)[C@H]2CNC[C@@H]2c2cnn(C)c2)CCS1.Cl. The zero-order valence-electron chi connectivity index (χ0n) is 14.1. The van der Waals surface area contributed by atoms with E-state index in [1.165, 1.54) is 5.56 Å².